The molecule has 1 aromatic heterocycles. The molecule has 4 nitrogen and oxygen atoms in total. The number of carbonyl (C=O) groups is 1. The average molecular weight is 251 g/mol. The fraction of sp³-hybridized carbons (Fsp3) is 0.167. The Labute approximate surface area is 103 Å². The van der Waals surface area contributed by atoms with Gasteiger partial charge in [0.2, 0.25) is 0 Å². The van der Waals surface area contributed by atoms with Crippen LogP contribution in [0.3, 0.4) is 0 Å². The third-order valence-corrected chi connectivity index (χ3v) is 2.89. The topological polar surface area (TPSA) is 76.2 Å². The molecule has 0 saturated heterocycles. The van der Waals surface area contributed by atoms with Gasteiger partial charge in [0.25, 0.3) is 0 Å². The Kier molecular flexibility index (Phi) is 3.26. The number of halogens is 1. The zero-order valence-corrected chi connectivity index (χ0v) is 9.69. The molecule has 3 N–H and O–H groups in total. The Bertz CT molecular complexity index is 571. The number of aliphatic carboxylic acids is 1. The lowest BCUT2D eigenvalue weighted by molar-refractivity contribution is -0.138. The molecule has 0 spiro atoms. The molecule has 0 radical (unpaired) electrons. The highest BCUT2D eigenvalue weighted by molar-refractivity contribution is 6.35. The highest BCUT2D eigenvalue weighted by Gasteiger charge is 2.15. The summed E-state index contributed by atoms with van der Waals surface area (Å²) in [5.41, 5.74) is 7.01. The van der Waals surface area contributed by atoms with Gasteiger partial charge in [-0.3, -0.25) is 9.78 Å². The third-order valence-electron chi connectivity index (χ3n) is 2.56. The lowest BCUT2D eigenvalue weighted by Gasteiger charge is -2.09. The second-order valence-corrected chi connectivity index (χ2v) is 4.16. The maximum Gasteiger partial charge on any atom is 0.320 e. The van der Waals surface area contributed by atoms with Gasteiger partial charge >= 0.3 is 5.97 Å². The summed E-state index contributed by atoms with van der Waals surface area (Å²) < 4.78 is 0. The van der Waals surface area contributed by atoms with Gasteiger partial charge in [-0.2, -0.15) is 0 Å². The van der Waals surface area contributed by atoms with Crippen molar-refractivity contribution in [3.05, 3.63) is 41.0 Å². The number of nitrogens with zero attached hydrogens (tertiary/aromatic N) is 1. The van der Waals surface area contributed by atoms with Crippen molar-refractivity contribution >= 4 is 28.5 Å². The maximum absolute atomic E-state index is 10.7. The van der Waals surface area contributed by atoms with Crippen molar-refractivity contribution in [2.24, 2.45) is 5.73 Å². The van der Waals surface area contributed by atoms with Crippen LogP contribution in [-0.2, 0) is 11.2 Å². The van der Waals surface area contributed by atoms with Gasteiger partial charge in [-0.15, -0.1) is 0 Å². The highest BCUT2D eigenvalue weighted by Crippen LogP contribution is 2.25. The lowest BCUT2D eigenvalue weighted by atomic mass is 10.0. The van der Waals surface area contributed by atoms with E-state index in [0.29, 0.717) is 10.5 Å². The molecule has 0 aliphatic rings. The molecule has 0 bridgehead atoms. The van der Waals surface area contributed by atoms with Crippen LogP contribution in [0.1, 0.15) is 5.56 Å². The number of hydrogen-bond donors (Lipinski definition) is 2. The summed E-state index contributed by atoms with van der Waals surface area (Å²) in [5.74, 6) is -1.02. The number of nitrogens with two attached hydrogens (primary N) is 1. The van der Waals surface area contributed by atoms with Gasteiger partial charge in [-0.25, -0.2) is 0 Å². The Morgan fingerprint density at radius 3 is 2.94 bits per heavy atom. The van der Waals surface area contributed by atoms with Gasteiger partial charge in [0.05, 0.1) is 5.52 Å². The molecule has 17 heavy (non-hydrogen) atoms. The predicted octanol–water partition coefficient (Wildman–Crippen LogP) is 1.84. The minimum atomic E-state index is -1.02. The Morgan fingerprint density at radius 1 is 1.47 bits per heavy atom. The third kappa shape index (κ3) is 2.38. The average Bonchev–Trinajstić information content (AvgIpc) is 2.33. The molecule has 0 fully saturated rings. The van der Waals surface area contributed by atoms with E-state index in [1.807, 2.05) is 6.07 Å². The van der Waals surface area contributed by atoms with Gasteiger partial charge in [0.1, 0.15) is 6.04 Å². The number of fused-ring (bicyclic) bond motifs is 1. The van der Waals surface area contributed by atoms with Crippen molar-refractivity contribution in [3.8, 4) is 0 Å². The first kappa shape index (κ1) is 11.8. The van der Waals surface area contributed by atoms with E-state index in [1.165, 1.54) is 0 Å². The molecule has 0 amide bonds. The second-order valence-electron chi connectivity index (χ2n) is 3.75. The minimum Gasteiger partial charge on any atom is -0.480 e. The monoisotopic (exact) mass is 250 g/mol. The maximum atomic E-state index is 10.7. The molecule has 5 heteroatoms. The van der Waals surface area contributed by atoms with Crippen molar-refractivity contribution in [1.82, 2.24) is 4.98 Å². The molecule has 1 heterocycles. The van der Waals surface area contributed by atoms with E-state index in [4.69, 9.17) is 22.4 Å². The zero-order chi connectivity index (χ0) is 12.4. The molecular weight excluding hydrogens is 240 g/mol. The molecule has 0 aliphatic carbocycles. The van der Waals surface area contributed by atoms with Crippen molar-refractivity contribution < 1.29 is 9.90 Å². The van der Waals surface area contributed by atoms with E-state index < -0.39 is 12.0 Å². The van der Waals surface area contributed by atoms with Crippen LogP contribution in [0.25, 0.3) is 10.9 Å². The number of aromatic nitrogens is 1. The van der Waals surface area contributed by atoms with Crippen LogP contribution in [0, 0.1) is 0 Å². The van der Waals surface area contributed by atoms with E-state index in [2.05, 4.69) is 4.98 Å². The molecule has 0 aliphatic heterocycles. The van der Waals surface area contributed by atoms with Crippen LogP contribution >= 0.6 is 11.6 Å². The molecule has 88 valence electrons. The van der Waals surface area contributed by atoms with Crippen molar-refractivity contribution in [1.29, 1.82) is 0 Å². The Morgan fingerprint density at radius 2 is 2.24 bits per heavy atom. The summed E-state index contributed by atoms with van der Waals surface area (Å²) in [6.07, 6.45) is 1.88. The van der Waals surface area contributed by atoms with E-state index in [-0.39, 0.29) is 6.42 Å². The Hall–Kier alpha value is -1.65. The van der Waals surface area contributed by atoms with Gasteiger partial charge in [0.15, 0.2) is 0 Å². The SMILES string of the molecule is N[C@@H](Cc1ccc(Cl)c2cccnc12)C(=O)O. The zero-order valence-electron chi connectivity index (χ0n) is 8.93. The van der Waals surface area contributed by atoms with Gasteiger partial charge < -0.3 is 10.8 Å². The smallest absolute Gasteiger partial charge is 0.320 e. The van der Waals surface area contributed by atoms with Gasteiger partial charge in [0, 0.05) is 23.0 Å². The lowest BCUT2D eigenvalue weighted by Crippen LogP contribution is -2.32. The second kappa shape index (κ2) is 4.69. The number of carboxylic acids is 1. The van der Waals surface area contributed by atoms with Crippen molar-refractivity contribution in [2.45, 2.75) is 12.5 Å². The van der Waals surface area contributed by atoms with E-state index in [9.17, 15) is 4.79 Å². The number of carboxylic acid groups (broad SMARTS) is 1. The first-order chi connectivity index (χ1) is 8.09. The number of pyridine rings is 1. The summed E-state index contributed by atoms with van der Waals surface area (Å²) in [6.45, 7) is 0. The largest absolute Gasteiger partial charge is 0.480 e. The molecule has 1 atom stereocenters. The van der Waals surface area contributed by atoms with Gasteiger partial charge in [-0.1, -0.05) is 17.7 Å². The number of hydrogen-bond acceptors (Lipinski definition) is 3. The minimum absolute atomic E-state index is 0.236. The summed E-state index contributed by atoms with van der Waals surface area (Å²) >= 11 is 6.04. The molecule has 2 aromatic rings. The van der Waals surface area contributed by atoms with Crippen LogP contribution in [0.2, 0.25) is 5.02 Å². The van der Waals surface area contributed by atoms with E-state index in [1.54, 1.807) is 24.4 Å². The van der Waals surface area contributed by atoms with E-state index >= 15 is 0 Å². The van der Waals surface area contributed by atoms with Crippen molar-refractivity contribution in [3.63, 3.8) is 0 Å². The van der Waals surface area contributed by atoms with Gasteiger partial charge in [-0.05, 0) is 23.8 Å². The van der Waals surface area contributed by atoms with Crippen LogP contribution < -0.4 is 5.73 Å². The molecular formula is C12H11ClN2O2. The molecule has 0 unspecified atom stereocenters. The summed E-state index contributed by atoms with van der Waals surface area (Å²) in [4.78, 5) is 15.0. The first-order valence-corrected chi connectivity index (χ1v) is 5.48. The summed E-state index contributed by atoms with van der Waals surface area (Å²) in [7, 11) is 0. The first-order valence-electron chi connectivity index (χ1n) is 5.10. The quantitative estimate of drug-likeness (QED) is 0.872. The number of benzene rings is 1. The fourth-order valence-electron chi connectivity index (χ4n) is 1.69. The number of rotatable bonds is 3. The van der Waals surface area contributed by atoms with Crippen LogP contribution in [-0.4, -0.2) is 22.1 Å². The molecule has 2 rings (SSSR count). The predicted molar refractivity (Wildman–Crippen MR) is 66.1 cm³/mol. The van der Waals surface area contributed by atoms with Crippen LogP contribution in [0.15, 0.2) is 30.5 Å². The highest BCUT2D eigenvalue weighted by atomic mass is 35.5. The summed E-state index contributed by atoms with van der Waals surface area (Å²) in [5, 5.41) is 10.2. The summed E-state index contributed by atoms with van der Waals surface area (Å²) in [6, 6.07) is 6.20. The fourth-order valence-corrected chi connectivity index (χ4v) is 1.90. The normalized spacial score (nSPS) is 12.6. The molecule has 1 aromatic carbocycles. The van der Waals surface area contributed by atoms with Crippen molar-refractivity contribution in [2.75, 3.05) is 0 Å². The van der Waals surface area contributed by atoms with Crippen LogP contribution in [0.5, 0.6) is 0 Å². The molecule has 0 saturated carbocycles. The van der Waals surface area contributed by atoms with E-state index in [0.717, 1.165) is 10.9 Å². The van der Waals surface area contributed by atoms with Crippen LogP contribution in [0.4, 0.5) is 0 Å². The Balaban J connectivity index is 2.48. The standard InChI is InChI=1S/C12H11ClN2O2/c13-9-4-3-7(6-10(14)12(16)17)11-8(9)2-1-5-15-11/h1-5,10H,6,14H2,(H,16,17)/t10-/m0/s1.